The zero-order valence-corrected chi connectivity index (χ0v) is 10.0. The van der Waals surface area contributed by atoms with Gasteiger partial charge in [0.05, 0.1) is 5.54 Å². The largest absolute Gasteiger partial charge is 0.368 e. The Kier molecular flexibility index (Phi) is 4.11. The van der Waals surface area contributed by atoms with Gasteiger partial charge in [-0.05, 0) is 40.3 Å². The van der Waals surface area contributed by atoms with E-state index in [0.29, 0.717) is 6.04 Å². The van der Waals surface area contributed by atoms with Crippen LogP contribution in [0.4, 0.5) is 0 Å². The number of primary amides is 1. The molecule has 0 radical (unpaired) electrons. The highest BCUT2D eigenvalue weighted by Gasteiger charge is 2.27. The maximum absolute atomic E-state index is 11.1. The zero-order valence-electron chi connectivity index (χ0n) is 10.0. The third-order valence-corrected chi connectivity index (χ3v) is 3.32. The average molecular weight is 213 g/mol. The van der Waals surface area contributed by atoms with Crippen molar-refractivity contribution in [3.8, 4) is 0 Å². The number of likely N-dealkylation sites (tertiary alicyclic amines) is 1. The number of rotatable bonds is 4. The fourth-order valence-corrected chi connectivity index (χ4v) is 1.86. The lowest BCUT2D eigenvalue weighted by atomic mass is 10.00. The summed E-state index contributed by atoms with van der Waals surface area (Å²) in [4.78, 5) is 13.5. The average Bonchev–Trinajstić information content (AvgIpc) is 2.16. The van der Waals surface area contributed by atoms with Crippen LogP contribution in [0.15, 0.2) is 0 Å². The minimum atomic E-state index is -0.599. The molecule has 0 saturated carbocycles. The van der Waals surface area contributed by atoms with E-state index in [0.717, 1.165) is 13.1 Å². The zero-order chi connectivity index (χ0) is 11.5. The van der Waals surface area contributed by atoms with Crippen molar-refractivity contribution in [1.29, 1.82) is 0 Å². The van der Waals surface area contributed by atoms with E-state index in [2.05, 4.69) is 17.3 Å². The smallest absolute Gasteiger partial charge is 0.237 e. The van der Waals surface area contributed by atoms with Crippen molar-refractivity contribution in [2.45, 2.75) is 44.7 Å². The van der Waals surface area contributed by atoms with Crippen LogP contribution in [0.1, 0.15) is 33.1 Å². The van der Waals surface area contributed by atoms with Crippen molar-refractivity contribution in [3.63, 3.8) is 0 Å². The van der Waals surface area contributed by atoms with Gasteiger partial charge in [-0.25, -0.2) is 0 Å². The SMILES string of the molecule is CN1CCCCC1CNC(C)(C)C(N)=O. The molecule has 0 bridgehead atoms. The van der Waals surface area contributed by atoms with E-state index in [1.165, 1.54) is 19.3 Å². The van der Waals surface area contributed by atoms with Crippen LogP contribution in [0.5, 0.6) is 0 Å². The van der Waals surface area contributed by atoms with E-state index >= 15 is 0 Å². The summed E-state index contributed by atoms with van der Waals surface area (Å²) in [5.74, 6) is -0.291. The van der Waals surface area contributed by atoms with Crippen LogP contribution in [0, 0.1) is 0 Å². The molecule has 4 nitrogen and oxygen atoms in total. The molecule has 1 atom stereocenters. The number of nitrogens with two attached hydrogens (primary N) is 1. The summed E-state index contributed by atoms with van der Waals surface area (Å²) in [6.45, 7) is 5.66. The van der Waals surface area contributed by atoms with Crippen molar-refractivity contribution in [2.75, 3.05) is 20.1 Å². The monoisotopic (exact) mass is 213 g/mol. The highest BCUT2D eigenvalue weighted by Crippen LogP contribution is 2.15. The maximum Gasteiger partial charge on any atom is 0.237 e. The summed E-state index contributed by atoms with van der Waals surface area (Å²) in [5.41, 5.74) is 4.71. The third-order valence-electron chi connectivity index (χ3n) is 3.32. The van der Waals surface area contributed by atoms with Gasteiger partial charge in [-0.1, -0.05) is 6.42 Å². The van der Waals surface area contributed by atoms with E-state index in [1.54, 1.807) is 0 Å². The predicted molar refractivity (Wildman–Crippen MR) is 61.5 cm³/mol. The van der Waals surface area contributed by atoms with Gasteiger partial charge >= 0.3 is 0 Å². The Morgan fingerprint density at radius 3 is 2.73 bits per heavy atom. The van der Waals surface area contributed by atoms with Gasteiger partial charge in [0.1, 0.15) is 0 Å². The molecule has 1 heterocycles. The predicted octanol–water partition coefficient (Wildman–Crippen LogP) is 0.324. The number of nitrogens with one attached hydrogen (secondary N) is 1. The molecule has 0 spiro atoms. The van der Waals surface area contributed by atoms with Crippen LogP contribution in [-0.2, 0) is 4.79 Å². The van der Waals surface area contributed by atoms with Gasteiger partial charge in [-0.15, -0.1) is 0 Å². The van der Waals surface area contributed by atoms with E-state index in [9.17, 15) is 4.79 Å². The topological polar surface area (TPSA) is 58.4 Å². The minimum absolute atomic E-state index is 0.291. The Morgan fingerprint density at radius 1 is 1.53 bits per heavy atom. The first kappa shape index (κ1) is 12.5. The normalized spacial score (nSPS) is 24.1. The number of nitrogens with zero attached hydrogens (tertiary/aromatic N) is 1. The first-order chi connectivity index (χ1) is 6.93. The summed E-state index contributed by atoms with van der Waals surface area (Å²) in [6.07, 6.45) is 3.78. The molecule has 3 N–H and O–H groups in total. The highest BCUT2D eigenvalue weighted by molar-refractivity contribution is 5.83. The maximum atomic E-state index is 11.1. The number of likely N-dealkylation sites (N-methyl/N-ethyl adjacent to an activating group) is 1. The first-order valence-corrected chi connectivity index (χ1v) is 5.68. The van der Waals surface area contributed by atoms with Crippen LogP contribution in [-0.4, -0.2) is 42.5 Å². The molecule has 0 aromatic heterocycles. The van der Waals surface area contributed by atoms with Crippen LogP contribution < -0.4 is 11.1 Å². The molecule has 15 heavy (non-hydrogen) atoms. The molecule has 1 aliphatic rings. The lowest BCUT2D eigenvalue weighted by Gasteiger charge is -2.35. The van der Waals surface area contributed by atoms with Crippen molar-refractivity contribution in [1.82, 2.24) is 10.2 Å². The van der Waals surface area contributed by atoms with Gasteiger partial charge in [0.25, 0.3) is 0 Å². The molecular weight excluding hydrogens is 190 g/mol. The van der Waals surface area contributed by atoms with Gasteiger partial charge in [0.15, 0.2) is 0 Å². The number of piperidine rings is 1. The molecule has 1 rings (SSSR count). The van der Waals surface area contributed by atoms with Gasteiger partial charge < -0.3 is 16.0 Å². The Labute approximate surface area is 92.2 Å². The van der Waals surface area contributed by atoms with Gasteiger partial charge in [-0.2, -0.15) is 0 Å². The van der Waals surface area contributed by atoms with Crippen LogP contribution >= 0.6 is 0 Å². The van der Waals surface area contributed by atoms with Crippen LogP contribution in [0.2, 0.25) is 0 Å². The number of carbonyl (C=O) groups is 1. The molecule has 1 amide bonds. The highest BCUT2D eigenvalue weighted by atomic mass is 16.1. The Balaban J connectivity index is 2.38. The fraction of sp³-hybridized carbons (Fsp3) is 0.909. The van der Waals surface area contributed by atoms with E-state index < -0.39 is 5.54 Å². The molecule has 1 aliphatic heterocycles. The molecule has 0 aliphatic carbocycles. The van der Waals surface area contributed by atoms with Gasteiger partial charge in [0.2, 0.25) is 5.91 Å². The summed E-state index contributed by atoms with van der Waals surface area (Å²) in [5, 5.41) is 3.24. The number of amides is 1. The van der Waals surface area contributed by atoms with E-state index in [1.807, 2.05) is 13.8 Å². The van der Waals surface area contributed by atoms with Crippen LogP contribution in [0.25, 0.3) is 0 Å². The molecule has 0 aromatic carbocycles. The molecular formula is C11H23N3O. The van der Waals surface area contributed by atoms with Crippen LogP contribution in [0.3, 0.4) is 0 Å². The Bertz CT molecular complexity index is 228. The Hall–Kier alpha value is -0.610. The quantitative estimate of drug-likeness (QED) is 0.707. The molecule has 4 heteroatoms. The summed E-state index contributed by atoms with van der Waals surface area (Å²) >= 11 is 0. The van der Waals surface area contributed by atoms with Crippen molar-refractivity contribution >= 4 is 5.91 Å². The van der Waals surface area contributed by atoms with E-state index in [4.69, 9.17) is 5.73 Å². The second-order valence-electron chi connectivity index (χ2n) is 5.00. The third kappa shape index (κ3) is 3.47. The second kappa shape index (κ2) is 4.94. The van der Waals surface area contributed by atoms with Crippen molar-refractivity contribution in [3.05, 3.63) is 0 Å². The van der Waals surface area contributed by atoms with E-state index in [-0.39, 0.29) is 5.91 Å². The van der Waals surface area contributed by atoms with Gasteiger partial charge in [0, 0.05) is 12.6 Å². The minimum Gasteiger partial charge on any atom is -0.368 e. The van der Waals surface area contributed by atoms with Gasteiger partial charge in [-0.3, -0.25) is 4.79 Å². The molecule has 1 saturated heterocycles. The lowest BCUT2D eigenvalue weighted by Crippen LogP contribution is -2.55. The lowest BCUT2D eigenvalue weighted by molar-refractivity contribution is -0.123. The number of hydrogen-bond acceptors (Lipinski definition) is 3. The standard InChI is InChI=1S/C11H23N3O/c1-11(2,10(12)15)13-8-9-6-4-5-7-14(9)3/h9,13H,4-8H2,1-3H3,(H2,12,15). The fourth-order valence-electron chi connectivity index (χ4n) is 1.86. The summed E-state index contributed by atoms with van der Waals surface area (Å²) in [7, 11) is 2.14. The number of carbonyl (C=O) groups excluding carboxylic acids is 1. The molecule has 1 fully saturated rings. The molecule has 88 valence electrons. The summed E-state index contributed by atoms with van der Waals surface area (Å²) in [6, 6.07) is 0.539. The van der Waals surface area contributed by atoms with Crippen molar-refractivity contribution < 1.29 is 4.79 Å². The Morgan fingerprint density at radius 2 is 2.20 bits per heavy atom. The van der Waals surface area contributed by atoms with Crippen molar-refractivity contribution in [2.24, 2.45) is 5.73 Å². The second-order valence-corrected chi connectivity index (χ2v) is 5.00. The summed E-state index contributed by atoms with van der Waals surface area (Å²) < 4.78 is 0. The molecule has 0 aromatic rings. The molecule has 1 unspecified atom stereocenters. The first-order valence-electron chi connectivity index (χ1n) is 5.68. The number of hydrogen-bond donors (Lipinski definition) is 2.